The first-order valence-electron chi connectivity index (χ1n) is 9.21. The van der Waals surface area contributed by atoms with Gasteiger partial charge < -0.3 is 14.9 Å². The molecule has 0 radical (unpaired) electrons. The highest BCUT2D eigenvalue weighted by Gasteiger charge is 2.28. The van der Waals surface area contributed by atoms with Crippen molar-refractivity contribution in [3.63, 3.8) is 0 Å². The number of aromatic hydroxyl groups is 1. The maximum atomic E-state index is 12.5. The van der Waals surface area contributed by atoms with Crippen LogP contribution in [0.15, 0.2) is 47.6 Å². The topological polar surface area (TPSA) is 66.8 Å². The van der Waals surface area contributed by atoms with Gasteiger partial charge in [0.15, 0.2) is 0 Å². The van der Waals surface area contributed by atoms with Crippen LogP contribution >= 0.6 is 0 Å². The Morgan fingerprint density at radius 1 is 1.19 bits per heavy atom. The number of aliphatic hydroxyl groups is 1. The van der Waals surface area contributed by atoms with Crippen LogP contribution in [0, 0.1) is 5.41 Å². The molecule has 2 rings (SSSR count). The van der Waals surface area contributed by atoms with E-state index in [1.165, 1.54) is 17.7 Å². The van der Waals surface area contributed by atoms with E-state index in [-0.39, 0.29) is 11.2 Å². The Labute approximate surface area is 156 Å². The zero-order valence-corrected chi connectivity index (χ0v) is 16.2. The summed E-state index contributed by atoms with van der Waals surface area (Å²) >= 11 is 0. The molecule has 0 fully saturated rings. The van der Waals surface area contributed by atoms with Crippen molar-refractivity contribution in [2.24, 2.45) is 5.41 Å². The van der Waals surface area contributed by atoms with Crippen LogP contribution in [-0.2, 0) is 4.74 Å². The summed E-state index contributed by atoms with van der Waals surface area (Å²) in [6, 6.07) is 6.02. The van der Waals surface area contributed by atoms with E-state index in [4.69, 9.17) is 4.74 Å². The van der Waals surface area contributed by atoms with Crippen molar-refractivity contribution < 1.29 is 19.7 Å². The second-order valence-electron chi connectivity index (χ2n) is 7.92. The molecule has 2 atom stereocenters. The second kappa shape index (κ2) is 8.54. The van der Waals surface area contributed by atoms with Crippen LogP contribution in [0.1, 0.15) is 63.7 Å². The Kier molecular flexibility index (Phi) is 6.65. The van der Waals surface area contributed by atoms with Crippen molar-refractivity contribution in [3.8, 4) is 5.75 Å². The first-order valence-corrected chi connectivity index (χ1v) is 9.21. The van der Waals surface area contributed by atoms with Gasteiger partial charge in [-0.3, -0.25) is 0 Å². The van der Waals surface area contributed by atoms with E-state index in [0.717, 1.165) is 24.8 Å². The van der Waals surface area contributed by atoms with Crippen LogP contribution in [0.3, 0.4) is 0 Å². The molecule has 1 aromatic rings. The Hall–Kier alpha value is -2.07. The minimum Gasteiger partial charge on any atom is -0.508 e. The molecular weight excluding hydrogens is 328 g/mol. The monoisotopic (exact) mass is 358 g/mol. The first-order chi connectivity index (χ1) is 12.2. The number of benzene rings is 1. The Balaban J connectivity index is 2.25. The molecule has 0 aromatic heterocycles. The smallest absolute Gasteiger partial charge is 0.338 e. The number of phenolic OH excluding ortho intramolecular Hbond substituents is 1. The van der Waals surface area contributed by atoms with Crippen molar-refractivity contribution in [2.45, 2.75) is 65.6 Å². The largest absolute Gasteiger partial charge is 0.508 e. The van der Waals surface area contributed by atoms with E-state index in [1.807, 2.05) is 13.0 Å². The van der Waals surface area contributed by atoms with Crippen molar-refractivity contribution >= 4 is 5.97 Å². The molecule has 0 amide bonds. The first kappa shape index (κ1) is 20.2. The van der Waals surface area contributed by atoms with Gasteiger partial charge in [0.05, 0.1) is 11.7 Å². The molecule has 0 bridgehead atoms. The number of carbonyl (C=O) groups excluding carboxylic acids is 1. The average molecular weight is 358 g/mol. The quantitative estimate of drug-likeness (QED) is 0.590. The summed E-state index contributed by atoms with van der Waals surface area (Å²) in [6.07, 6.45) is 6.46. The van der Waals surface area contributed by atoms with Gasteiger partial charge in [-0.1, -0.05) is 31.6 Å². The summed E-state index contributed by atoms with van der Waals surface area (Å²) < 4.78 is 5.72. The number of allylic oxidation sites excluding steroid dienone is 1. The predicted octanol–water partition coefficient (Wildman–Crippen LogP) is 4.77. The highest BCUT2D eigenvalue weighted by molar-refractivity contribution is 5.89. The third-order valence-corrected chi connectivity index (χ3v) is 5.15. The number of esters is 1. The maximum absolute atomic E-state index is 12.5. The molecule has 0 heterocycles. The molecule has 2 unspecified atom stereocenters. The van der Waals surface area contributed by atoms with Gasteiger partial charge in [0.1, 0.15) is 11.9 Å². The average Bonchev–Trinajstić information content (AvgIpc) is 2.59. The molecule has 2 N–H and O–H groups in total. The number of hydrogen-bond acceptors (Lipinski definition) is 4. The molecule has 0 saturated heterocycles. The normalized spacial score (nSPS) is 28.0. The summed E-state index contributed by atoms with van der Waals surface area (Å²) in [7, 11) is 0. The summed E-state index contributed by atoms with van der Waals surface area (Å²) in [5, 5.41) is 20.0. The zero-order chi connectivity index (χ0) is 19.3. The van der Waals surface area contributed by atoms with E-state index >= 15 is 0 Å². The lowest BCUT2D eigenvalue weighted by Gasteiger charge is -2.29. The highest BCUT2D eigenvalue weighted by Crippen LogP contribution is 2.31. The summed E-state index contributed by atoms with van der Waals surface area (Å²) in [4.78, 5) is 12.5. The molecule has 0 spiro atoms. The number of phenols is 1. The lowest BCUT2D eigenvalue weighted by Crippen LogP contribution is -2.29. The zero-order valence-electron chi connectivity index (χ0n) is 16.2. The van der Waals surface area contributed by atoms with Crippen molar-refractivity contribution in [1.29, 1.82) is 0 Å². The fourth-order valence-electron chi connectivity index (χ4n) is 3.08. The summed E-state index contributed by atoms with van der Waals surface area (Å²) in [6.45, 7) is 8.13. The van der Waals surface area contributed by atoms with E-state index in [0.29, 0.717) is 12.0 Å². The lowest BCUT2D eigenvalue weighted by molar-refractivity contribution is 0.0368. The van der Waals surface area contributed by atoms with Crippen LogP contribution in [0.4, 0.5) is 0 Å². The fraction of sp³-hybridized carbons (Fsp3) is 0.500. The van der Waals surface area contributed by atoms with Crippen LogP contribution in [0.2, 0.25) is 0 Å². The molecule has 1 aliphatic carbocycles. The van der Waals surface area contributed by atoms with Gasteiger partial charge in [0.25, 0.3) is 0 Å². The van der Waals surface area contributed by atoms with Crippen LogP contribution in [-0.4, -0.2) is 28.4 Å². The molecular formula is C22H30O4. The molecule has 4 heteroatoms. The van der Waals surface area contributed by atoms with Crippen LogP contribution < -0.4 is 0 Å². The minimum atomic E-state index is -0.587. The maximum Gasteiger partial charge on any atom is 0.338 e. The lowest BCUT2D eigenvalue weighted by atomic mass is 9.80. The number of hydrogen-bond donors (Lipinski definition) is 2. The van der Waals surface area contributed by atoms with Gasteiger partial charge in [-0.2, -0.15) is 0 Å². The molecule has 4 nitrogen and oxygen atoms in total. The van der Waals surface area contributed by atoms with E-state index in [9.17, 15) is 15.0 Å². The number of carbonyl (C=O) groups is 1. The Morgan fingerprint density at radius 3 is 2.50 bits per heavy atom. The highest BCUT2D eigenvalue weighted by atomic mass is 16.5. The Bertz CT molecular complexity index is 683. The summed E-state index contributed by atoms with van der Waals surface area (Å²) in [5.74, 6) is -0.325. The number of rotatable bonds is 2. The third-order valence-electron chi connectivity index (χ3n) is 5.15. The van der Waals surface area contributed by atoms with Crippen molar-refractivity contribution in [1.82, 2.24) is 0 Å². The van der Waals surface area contributed by atoms with Crippen LogP contribution in [0.25, 0.3) is 0 Å². The fourth-order valence-corrected chi connectivity index (χ4v) is 3.08. The van der Waals surface area contributed by atoms with E-state index in [1.54, 1.807) is 12.1 Å². The van der Waals surface area contributed by atoms with Gasteiger partial charge in [0.2, 0.25) is 0 Å². The second-order valence-corrected chi connectivity index (χ2v) is 7.92. The molecule has 26 heavy (non-hydrogen) atoms. The summed E-state index contributed by atoms with van der Waals surface area (Å²) in [5.41, 5.74) is 2.29. The van der Waals surface area contributed by atoms with E-state index < -0.39 is 18.2 Å². The molecule has 142 valence electrons. The van der Waals surface area contributed by atoms with Crippen molar-refractivity contribution in [2.75, 3.05) is 0 Å². The molecule has 0 saturated carbocycles. The number of ether oxygens (including phenoxy) is 1. The molecule has 1 aromatic carbocycles. The standard InChI is InChI=1S/C22H30O4/c1-15-6-5-13-22(3,4)20(24)14-16(2)19(12-7-15)26-21(25)17-8-10-18(23)11-9-17/h7-11,14,19-20,23-24H,5-6,12-13H2,1-4H3/b15-7+,16-14+. The molecule has 1 aliphatic rings. The van der Waals surface area contributed by atoms with Gasteiger partial charge in [-0.15, -0.1) is 0 Å². The third kappa shape index (κ3) is 5.46. The van der Waals surface area contributed by atoms with Gasteiger partial charge in [-0.05, 0) is 68.4 Å². The molecule has 0 aliphatic heterocycles. The van der Waals surface area contributed by atoms with Gasteiger partial charge >= 0.3 is 5.97 Å². The SMILES string of the molecule is C/C1=C\CC(OC(=O)c2ccc(O)cc2)/C(C)=C/C(O)C(C)(C)CCC1. The minimum absolute atomic E-state index is 0.108. The van der Waals surface area contributed by atoms with Gasteiger partial charge in [-0.25, -0.2) is 4.79 Å². The van der Waals surface area contributed by atoms with Crippen molar-refractivity contribution in [3.05, 3.63) is 53.1 Å². The Morgan fingerprint density at radius 2 is 1.85 bits per heavy atom. The van der Waals surface area contributed by atoms with Crippen LogP contribution in [0.5, 0.6) is 5.75 Å². The number of aliphatic hydroxyl groups excluding tert-OH is 1. The van der Waals surface area contributed by atoms with Gasteiger partial charge in [0, 0.05) is 6.42 Å². The van der Waals surface area contributed by atoms with E-state index in [2.05, 4.69) is 26.8 Å². The predicted molar refractivity (Wildman–Crippen MR) is 103 cm³/mol.